The summed E-state index contributed by atoms with van der Waals surface area (Å²) in [6.45, 7) is 0. The Morgan fingerprint density at radius 1 is 1.14 bits per heavy atom. The van der Waals surface area contributed by atoms with Gasteiger partial charge in [0, 0.05) is 16.8 Å². The number of aromatic nitrogens is 3. The molecule has 0 bridgehead atoms. The fourth-order valence-corrected chi connectivity index (χ4v) is 3.34. The molecule has 6 nitrogen and oxygen atoms in total. The van der Waals surface area contributed by atoms with Gasteiger partial charge in [-0.3, -0.25) is 5.10 Å². The lowest BCUT2D eigenvalue weighted by atomic mass is 10.1. The number of benzene rings is 2. The van der Waals surface area contributed by atoms with Gasteiger partial charge in [-0.15, -0.1) is 0 Å². The van der Waals surface area contributed by atoms with Crippen LogP contribution in [0.25, 0.3) is 16.9 Å². The third kappa shape index (κ3) is 3.14. The maximum atomic E-state index is 9.36. The molecule has 140 valence electrons. The molecule has 0 unspecified atom stereocenters. The number of hydrogen-bond donors (Lipinski definition) is 2. The molecule has 4 aromatic rings. The molecule has 28 heavy (non-hydrogen) atoms. The number of nitrogens with one attached hydrogen (secondary N) is 2. The van der Waals surface area contributed by atoms with Crippen molar-refractivity contribution in [2.24, 2.45) is 0 Å². The van der Waals surface area contributed by atoms with Crippen molar-refractivity contribution in [3.05, 3.63) is 63.2 Å². The zero-order valence-electron chi connectivity index (χ0n) is 14.4. The maximum Gasteiger partial charge on any atom is 0.173 e. The number of aromatic amines is 1. The van der Waals surface area contributed by atoms with Crippen LogP contribution in [0.2, 0.25) is 15.1 Å². The molecule has 0 atom stereocenters. The van der Waals surface area contributed by atoms with Gasteiger partial charge < -0.3 is 10.1 Å². The molecule has 9 heteroatoms. The number of H-pyrrole nitrogens is 1. The number of hydrogen-bond acceptors (Lipinski definition) is 4. The van der Waals surface area contributed by atoms with E-state index in [9.17, 15) is 5.26 Å². The molecule has 0 fully saturated rings. The molecule has 2 aromatic heterocycles. The summed E-state index contributed by atoms with van der Waals surface area (Å²) in [5.74, 6) is 1.20. The second kappa shape index (κ2) is 7.28. The molecular formula is C19H12Cl3N5O. The first kappa shape index (κ1) is 18.5. The van der Waals surface area contributed by atoms with E-state index in [4.69, 9.17) is 39.5 Å². The summed E-state index contributed by atoms with van der Waals surface area (Å²) in [5.41, 5.74) is 2.86. The second-order valence-corrected chi connectivity index (χ2v) is 7.12. The Morgan fingerprint density at radius 2 is 1.96 bits per heavy atom. The first-order valence-corrected chi connectivity index (χ1v) is 9.21. The maximum absolute atomic E-state index is 9.36. The normalized spacial score (nSPS) is 10.8. The minimum Gasteiger partial charge on any atom is -0.495 e. The zero-order valence-corrected chi connectivity index (χ0v) is 16.7. The molecule has 2 N–H and O–H groups in total. The molecule has 0 saturated carbocycles. The van der Waals surface area contributed by atoms with Crippen molar-refractivity contribution in [2.75, 3.05) is 12.4 Å². The number of methoxy groups -OCH3 is 1. The van der Waals surface area contributed by atoms with Crippen LogP contribution in [0.5, 0.6) is 5.75 Å². The third-order valence-electron chi connectivity index (χ3n) is 4.18. The fourth-order valence-electron chi connectivity index (χ4n) is 2.87. The van der Waals surface area contributed by atoms with Crippen LogP contribution in [0.1, 0.15) is 5.56 Å². The minimum atomic E-state index is 0.405. The number of imidazole rings is 1. The predicted octanol–water partition coefficient (Wildman–Crippen LogP) is 5.91. The highest BCUT2D eigenvalue weighted by atomic mass is 35.5. The van der Waals surface area contributed by atoms with Crippen LogP contribution in [0, 0.1) is 11.3 Å². The van der Waals surface area contributed by atoms with Gasteiger partial charge in [-0.1, -0.05) is 40.9 Å². The first-order valence-electron chi connectivity index (χ1n) is 8.07. The van der Waals surface area contributed by atoms with E-state index in [0.717, 1.165) is 5.56 Å². The Morgan fingerprint density at radius 3 is 2.68 bits per heavy atom. The average Bonchev–Trinajstić information content (AvgIpc) is 3.24. The van der Waals surface area contributed by atoms with Gasteiger partial charge in [-0.25, -0.2) is 9.50 Å². The van der Waals surface area contributed by atoms with Gasteiger partial charge in [-0.2, -0.15) is 5.26 Å². The van der Waals surface area contributed by atoms with E-state index in [1.54, 1.807) is 48.2 Å². The Kier molecular flexibility index (Phi) is 4.82. The lowest BCUT2D eigenvalue weighted by Crippen LogP contribution is -2.00. The van der Waals surface area contributed by atoms with E-state index in [1.165, 1.54) is 0 Å². The fraction of sp³-hybridized carbons (Fsp3) is 0.0526. The summed E-state index contributed by atoms with van der Waals surface area (Å²) in [5, 5.41) is 17.1. The van der Waals surface area contributed by atoms with Crippen LogP contribution in [0.15, 0.2) is 42.6 Å². The molecule has 0 radical (unpaired) electrons. The number of nitriles is 1. The van der Waals surface area contributed by atoms with Gasteiger partial charge in [0.25, 0.3) is 0 Å². The molecule has 0 aliphatic heterocycles. The lowest BCUT2D eigenvalue weighted by molar-refractivity contribution is 0.417. The Labute approximate surface area is 175 Å². The highest BCUT2D eigenvalue weighted by Gasteiger charge is 2.20. The Bertz CT molecular complexity index is 1240. The number of ether oxygens (including phenoxy) is 1. The number of halogens is 3. The SMILES string of the molecule is COc1ccc(Cl)cc1Nc1c(-c2ccc(Cl)c(Cl)c2)nc2c(C#N)c[nH]n12. The van der Waals surface area contributed by atoms with Crippen LogP contribution in [-0.4, -0.2) is 21.7 Å². The van der Waals surface area contributed by atoms with Gasteiger partial charge in [0.05, 0.1) is 22.8 Å². The summed E-state index contributed by atoms with van der Waals surface area (Å²) < 4.78 is 7.09. The molecular weight excluding hydrogens is 421 g/mol. The van der Waals surface area contributed by atoms with Crippen LogP contribution in [-0.2, 0) is 0 Å². The van der Waals surface area contributed by atoms with E-state index >= 15 is 0 Å². The molecule has 2 heterocycles. The van der Waals surface area contributed by atoms with Crippen molar-refractivity contribution >= 4 is 52.0 Å². The summed E-state index contributed by atoms with van der Waals surface area (Å²) in [6.07, 6.45) is 1.58. The molecule has 0 spiro atoms. The average molecular weight is 433 g/mol. The number of nitrogens with zero attached hydrogens (tertiary/aromatic N) is 3. The highest BCUT2D eigenvalue weighted by molar-refractivity contribution is 6.42. The van der Waals surface area contributed by atoms with E-state index in [0.29, 0.717) is 49.2 Å². The van der Waals surface area contributed by atoms with Crippen molar-refractivity contribution in [2.45, 2.75) is 0 Å². The van der Waals surface area contributed by atoms with Gasteiger partial charge in [0.15, 0.2) is 11.5 Å². The van der Waals surface area contributed by atoms with Crippen molar-refractivity contribution in [3.8, 4) is 23.1 Å². The minimum absolute atomic E-state index is 0.405. The van der Waals surface area contributed by atoms with Crippen molar-refractivity contribution < 1.29 is 4.74 Å². The van der Waals surface area contributed by atoms with Crippen LogP contribution < -0.4 is 10.1 Å². The Hall–Kier alpha value is -2.85. The summed E-state index contributed by atoms with van der Waals surface area (Å²) in [7, 11) is 1.57. The van der Waals surface area contributed by atoms with Crippen molar-refractivity contribution in [1.29, 1.82) is 5.26 Å². The third-order valence-corrected chi connectivity index (χ3v) is 5.16. The van der Waals surface area contributed by atoms with Gasteiger partial charge >= 0.3 is 0 Å². The molecule has 4 rings (SSSR count). The highest BCUT2D eigenvalue weighted by Crippen LogP contribution is 2.37. The van der Waals surface area contributed by atoms with Crippen molar-refractivity contribution in [1.82, 2.24) is 14.6 Å². The van der Waals surface area contributed by atoms with Crippen LogP contribution >= 0.6 is 34.8 Å². The smallest absolute Gasteiger partial charge is 0.173 e. The molecule has 0 amide bonds. The predicted molar refractivity (Wildman–Crippen MR) is 111 cm³/mol. The first-order chi connectivity index (χ1) is 13.5. The largest absolute Gasteiger partial charge is 0.495 e. The van der Waals surface area contributed by atoms with E-state index in [2.05, 4.69) is 21.5 Å². The summed E-state index contributed by atoms with van der Waals surface area (Å²) >= 11 is 18.4. The van der Waals surface area contributed by atoms with E-state index in [1.807, 2.05) is 6.07 Å². The van der Waals surface area contributed by atoms with Gasteiger partial charge in [0.2, 0.25) is 0 Å². The van der Waals surface area contributed by atoms with Crippen LogP contribution in [0.3, 0.4) is 0 Å². The van der Waals surface area contributed by atoms with Crippen LogP contribution in [0.4, 0.5) is 11.5 Å². The summed E-state index contributed by atoms with van der Waals surface area (Å²) in [6, 6.07) is 12.6. The second-order valence-electron chi connectivity index (χ2n) is 5.87. The lowest BCUT2D eigenvalue weighted by Gasteiger charge is -2.12. The standard InChI is InChI=1S/C19H12Cl3N5O/c1-28-16-5-3-12(20)7-15(16)25-19-17(10-2-4-13(21)14(22)6-10)26-18-11(8-23)9-24-27(18)19/h2-7,9,24-25H,1H3. The summed E-state index contributed by atoms with van der Waals surface area (Å²) in [4.78, 5) is 4.63. The Balaban J connectivity index is 1.93. The van der Waals surface area contributed by atoms with E-state index in [-0.39, 0.29) is 0 Å². The van der Waals surface area contributed by atoms with E-state index < -0.39 is 0 Å². The van der Waals surface area contributed by atoms with Crippen molar-refractivity contribution in [3.63, 3.8) is 0 Å². The molecule has 2 aromatic carbocycles. The molecule has 0 aliphatic carbocycles. The zero-order chi connectivity index (χ0) is 19.8. The van der Waals surface area contributed by atoms with Gasteiger partial charge in [0.1, 0.15) is 23.1 Å². The molecule has 0 aliphatic rings. The molecule has 0 saturated heterocycles. The number of fused-ring (bicyclic) bond motifs is 1. The monoisotopic (exact) mass is 431 g/mol. The topological polar surface area (TPSA) is 78.1 Å². The number of rotatable bonds is 4. The number of anilines is 2. The van der Waals surface area contributed by atoms with Gasteiger partial charge in [-0.05, 0) is 30.3 Å². The quantitative estimate of drug-likeness (QED) is 0.420.